The van der Waals surface area contributed by atoms with Crippen molar-refractivity contribution in [1.82, 2.24) is 5.06 Å². The molecule has 0 aliphatic carbocycles. The number of hydroxylamine groups is 2. The van der Waals surface area contributed by atoms with Crippen molar-refractivity contribution in [2.45, 2.75) is 38.8 Å². The molecule has 102 valence electrons. The third-order valence-electron chi connectivity index (χ3n) is 3.95. The lowest BCUT2D eigenvalue weighted by Gasteiger charge is -2.36. The number of hydrogen-bond donors (Lipinski definition) is 1. The van der Waals surface area contributed by atoms with Crippen molar-refractivity contribution in [2.75, 3.05) is 0 Å². The maximum Gasteiger partial charge on any atom is 0.280 e. The molecule has 0 unspecified atom stereocenters. The topological polar surface area (TPSA) is 79.0 Å². The smallest absolute Gasteiger partial charge is 0.280 e. The molecule has 1 aliphatic heterocycles. The number of benzene rings is 1. The molecule has 0 atom stereocenters. The quantitative estimate of drug-likeness (QED) is 0.657. The zero-order valence-corrected chi connectivity index (χ0v) is 11.4. The van der Waals surface area contributed by atoms with Crippen molar-refractivity contribution >= 4 is 11.5 Å². The molecule has 19 heavy (non-hydrogen) atoms. The van der Waals surface area contributed by atoms with E-state index in [4.69, 9.17) is 0 Å². The highest BCUT2D eigenvalue weighted by Gasteiger charge is 2.50. The third-order valence-corrected chi connectivity index (χ3v) is 3.95. The van der Waals surface area contributed by atoms with E-state index in [1.54, 1.807) is 18.2 Å². The minimum atomic E-state index is -0.633. The van der Waals surface area contributed by atoms with Gasteiger partial charge in [-0.3, -0.25) is 20.3 Å². The van der Waals surface area contributed by atoms with E-state index in [1.165, 1.54) is 6.07 Å². The van der Waals surface area contributed by atoms with Gasteiger partial charge in [0.15, 0.2) is 5.84 Å². The lowest BCUT2D eigenvalue weighted by atomic mass is 9.84. The Hall–Kier alpha value is -1.95. The second kappa shape index (κ2) is 4.03. The zero-order chi connectivity index (χ0) is 14.4. The molecule has 0 fully saturated rings. The lowest BCUT2D eigenvalue weighted by Crippen LogP contribution is -2.51. The fourth-order valence-electron chi connectivity index (χ4n) is 1.97. The summed E-state index contributed by atoms with van der Waals surface area (Å²) in [6.45, 7) is 7.46. The summed E-state index contributed by atoms with van der Waals surface area (Å²) in [5, 5.41) is 22.4. The van der Waals surface area contributed by atoms with Crippen LogP contribution in [0.15, 0.2) is 29.3 Å². The van der Waals surface area contributed by atoms with Gasteiger partial charge in [-0.25, -0.2) is 5.06 Å². The van der Waals surface area contributed by atoms with E-state index in [9.17, 15) is 15.3 Å². The summed E-state index contributed by atoms with van der Waals surface area (Å²) >= 11 is 0. The SMILES string of the molecule is CC1(C)N=C(c2ccccc2[N+](=O)[O-])N(O)C1(C)C. The number of aliphatic imine (C=N–C) groups is 1. The van der Waals surface area contributed by atoms with Gasteiger partial charge >= 0.3 is 0 Å². The highest BCUT2D eigenvalue weighted by atomic mass is 16.6. The molecule has 1 aromatic carbocycles. The van der Waals surface area contributed by atoms with Gasteiger partial charge < -0.3 is 0 Å². The van der Waals surface area contributed by atoms with Crippen LogP contribution in [0.25, 0.3) is 0 Å². The number of nitrogens with zero attached hydrogens (tertiary/aromatic N) is 3. The Morgan fingerprint density at radius 2 is 1.84 bits per heavy atom. The van der Waals surface area contributed by atoms with Gasteiger partial charge in [-0.15, -0.1) is 0 Å². The van der Waals surface area contributed by atoms with Gasteiger partial charge in [-0.2, -0.15) is 0 Å². The second-order valence-electron chi connectivity index (χ2n) is 5.64. The van der Waals surface area contributed by atoms with Crippen molar-refractivity contribution in [3.8, 4) is 0 Å². The Bertz CT molecular complexity index is 564. The van der Waals surface area contributed by atoms with Gasteiger partial charge in [0.2, 0.25) is 0 Å². The summed E-state index contributed by atoms with van der Waals surface area (Å²) in [6, 6.07) is 6.29. The van der Waals surface area contributed by atoms with Crippen molar-refractivity contribution in [1.29, 1.82) is 0 Å². The number of rotatable bonds is 2. The van der Waals surface area contributed by atoms with E-state index in [0.29, 0.717) is 5.56 Å². The van der Waals surface area contributed by atoms with E-state index in [-0.39, 0.29) is 11.5 Å². The van der Waals surface area contributed by atoms with Crippen LogP contribution < -0.4 is 0 Å². The highest BCUT2D eigenvalue weighted by Crippen LogP contribution is 2.39. The predicted molar refractivity (Wildman–Crippen MR) is 71.4 cm³/mol. The Morgan fingerprint density at radius 3 is 2.32 bits per heavy atom. The number of nitro benzene ring substituents is 1. The van der Waals surface area contributed by atoms with Crippen LogP contribution in [-0.2, 0) is 0 Å². The second-order valence-corrected chi connectivity index (χ2v) is 5.64. The average Bonchev–Trinajstić information content (AvgIpc) is 2.49. The molecule has 0 aromatic heterocycles. The first-order valence-electron chi connectivity index (χ1n) is 6.01. The molecule has 0 saturated heterocycles. The van der Waals surface area contributed by atoms with E-state index in [1.807, 2.05) is 27.7 Å². The van der Waals surface area contributed by atoms with E-state index >= 15 is 0 Å². The molecule has 1 heterocycles. The Balaban J connectivity index is 2.59. The van der Waals surface area contributed by atoms with Gasteiger partial charge in [-0.1, -0.05) is 12.1 Å². The maximum atomic E-state index is 11.1. The Labute approximate surface area is 111 Å². The summed E-state index contributed by atoms with van der Waals surface area (Å²) in [6.07, 6.45) is 0. The average molecular weight is 263 g/mol. The fraction of sp³-hybridized carbons (Fsp3) is 0.462. The van der Waals surface area contributed by atoms with Crippen molar-refractivity contribution in [3.05, 3.63) is 39.9 Å². The van der Waals surface area contributed by atoms with Gasteiger partial charge in [0.25, 0.3) is 5.69 Å². The number of amidine groups is 1. The fourth-order valence-corrected chi connectivity index (χ4v) is 1.97. The van der Waals surface area contributed by atoms with E-state index in [2.05, 4.69) is 4.99 Å². The van der Waals surface area contributed by atoms with Crippen LogP contribution in [0.2, 0.25) is 0 Å². The van der Waals surface area contributed by atoms with E-state index < -0.39 is 16.0 Å². The molecule has 0 spiro atoms. The Morgan fingerprint density at radius 1 is 1.26 bits per heavy atom. The van der Waals surface area contributed by atoms with Crippen LogP contribution in [0, 0.1) is 10.1 Å². The van der Waals surface area contributed by atoms with Crippen LogP contribution in [-0.4, -0.2) is 32.1 Å². The highest BCUT2D eigenvalue weighted by molar-refractivity contribution is 6.03. The van der Waals surface area contributed by atoms with E-state index in [0.717, 1.165) is 5.06 Å². The van der Waals surface area contributed by atoms with Crippen LogP contribution in [0.4, 0.5) is 5.69 Å². The molecule has 6 nitrogen and oxygen atoms in total. The molecule has 0 radical (unpaired) electrons. The molecule has 1 aromatic rings. The number of hydrogen-bond acceptors (Lipinski definition) is 5. The van der Waals surface area contributed by atoms with Crippen molar-refractivity contribution in [3.63, 3.8) is 0 Å². The molecule has 2 rings (SSSR count). The van der Waals surface area contributed by atoms with Gasteiger partial charge in [0.1, 0.15) is 0 Å². The molecule has 0 amide bonds. The van der Waals surface area contributed by atoms with Gasteiger partial charge in [-0.05, 0) is 33.8 Å². The molecular formula is C13H17N3O3. The minimum absolute atomic E-state index is 0.0613. The minimum Gasteiger partial charge on any atom is -0.286 e. The van der Waals surface area contributed by atoms with Crippen LogP contribution >= 0.6 is 0 Å². The molecular weight excluding hydrogens is 246 g/mol. The summed E-state index contributed by atoms with van der Waals surface area (Å²) in [4.78, 5) is 15.0. The molecule has 1 aliphatic rings. The van der Waals surface area contributed by atoms with Gasteiger partial charge in [0.05, 0.1) is 21.6 Å². The first kappa shape index (κ1) is 13.5. The first-order valence-corrected chi connectivity index (χ1v) is 6.01. The molecule has 0 bridgehead atoms. The summed E-state index contributed by atoms with van der Waals surface area (Å²) in [7, 11) is 0. The van der Waals surface area contributed by atoms with Crippen LogP contribution in [0.1, 0.15) is 33.3 Å². The summed E-state index contributed by atoms with van der Waals surface area (Å²) < 4.78 is 0. The number of nitro groups is 1. The molecule has 0 saturated carbocycles. The van der Waals surface area contributed by atoms with Crippen molar-refractivity contribution in [2.24, 2.45) is 4.99 Å². The van der Waals surface area contributed by atoms with Crippen LogP contribution in [0.3, 0.4) is 0 Å². The standard InChI is InChI=1S/C13H17N3O3/c1-12(2)13(3,4)15(17)11(14-12)9-7-5-6-8-10(9)16(18)19/h5-8,17H,1-4H3. The van der Waals surface area contributed by atoms with Crippen LogP contribution in [0.5, 0.6) is 0 Å². The summed E-state index contributed by atoms with van der Waals surface area (Å²) in [5.41, 5.74) is -0.908. The zero-order valence-electron chi connectivity index (χ0n) is 11.4. The summed E-state index contributed by atoms with van der Waals surface area (Å²) in [5.74, 6) is 0.238. The Kier molecular flexibility index (Phi) is 2.86. The molecule has 6 heteroatoms. The number of para-hydroxylation sites is 1. The lowest BCUT2D eigenvalue weighted by molar-refractivity contribution is -0.385. The third kappa shape index (κ3) is 1.88. The first-order chi connectivity index (χ1) is 8.68. The molecule has 1 N–H and O–H groups in total. The van der Waals surface area contributed by atoms with Gasteiger partial charge in [0, 0.05) is 6.07 Å². The predicted octanol–water partition coefficient (Wildman–Crippen LogP) is 2.60. The largest absolute Gasteiger partial charge is 0.286 e. The normalized spacial score (nSPS) is 20.3. The van der Waals surface area contributed by atoms with Crippen molar-refractivity contribution < 1.29 is 10.1 Å². The maximum absolute atomic E-state index is 11.1. The monoisotopic (exact) mass is 263 g/mol.